The third-order valence-corrected chi connectivity index (χ3v) is 3.98. The summed E-state index contributed by atoms with van der Waals surface area (Å²) in [5.41, 5.74) is 2.71. The maximum atomic E-state index is 11.4. The van der Waals surface area contributed by atoms with Crippen molar-refractivity contribution in [2.75, 3.05) is 7.05 Å². The minimum atomic E-state index is -0.0831. The zero-order valence-electron chi connectivity index (χ0n) is 11.6. The zero-order chi connectivity index (χ0) is 15.2. The predicted molar refractivity (Wildman–Crippen MR) is 86.8 cm³/mol. The third-order valence-electron chi connectivity index (χ3n) is 3.12. The van der Waals surface area contributed by atoms with Crippen LogP contribution < -0.4 is 10.6 Å². The van der Waals surface area contributed by atoms with Gasteiger partial charge in [0.05, 0.1) is 10.0 Å². The summed E-state index contributed by atoms with van der Waals surface area (Å²) in [5.74, 6) is -0.0831. The molecule has 0 aliphatic heterocycles. The van der Waals surface area contributed by atoms with E-state index in [2.05, 4.69) is 10.6 Å². The fourth-order valence-corrected chi connectivity index (χ4v) is 2.33. The van der Waals surface area contributed by atoms with Gasteiger partial charge in [-0.15, -0.1) is 0 Å². The molecule has 0 radical (unpaired) electrons. The van der Waals surface area contributed by atoms with E-state index in [1.807, 2.05) is 36.4 Å². The van der Waals surface area contributed by atoms with Crippen LogP contribution in [0.1, 0.15) is 21.5 Å². The number of carbonyl (C=O) groups excluding carboxylic acids is 1. The standard InChI is InChI=1S/C16H16Cl2N2O/c1-19-16(21)12-7-5-11(6-8-12)9-20-10-13-3-2-4-14(17)15(13)18/h2-8,20H,9-10H2,1H3,(H,19,21). The quantitative estimate of drug-likeness (QED) is 0.882. The Kier molecular flexibility index (Phi) is 5.62. The van der Waals surface area contributed by atoms with Crippen molar-refractivity contribution in [3.63, 3.8) is 0 Å². The molecule has 0 aliphatic carbocycles. The van der Waals surface area contributed by atoms with Crippen molar-refractivity contribution in [2.24, 2.45) is 0 Å². The molecule has 21 heavy (non-hydrogen) atoms. The van der Waals surface area contributed by atoms with Gasteiger partial charge in [0.2, 0.25) is 0 Å². The van der Waals surface area contributed by atoms with Gasteiger partial charge < -0.3 is 10.6 Å². The van der Waals surface area contributed by atoms with E-state index in [1.54, 1.807) is 13.1 Å². The molecule has 0 aromatic heterocycles. The lowest BCUT2D eigenvalue weighted by atomic mass is 10.1. The van der Waals surface area contributed by atoms with Gasteiger partial charge in [0.15, 0.2) is 0 Å². The minimum Gasteiger partial charge on any atom is -0.355 e. The van der Waals surface area contributed by atoms with Crippen LogP contribution in [0.2, 0.25) is 10.0 Å². The van der Waals surface area contributed by atoms with Crippen LogP contribution in [-0.4, -0.2) is 13.0 Å². The molecule has 0 fully saturated rings. The Morgan fingerprint density at radius 3 is 2.43 bits per heavy atom. The monoisotopic (exact) mass is 322 g/mol. The molecular weight excluding hydrogens is 307 g/mol. The topological polar surface area (TPSA) is 41.1 Å². The van der Waals surface area contributed by atoms with Crippen LogP contribution in [0.15, 0.2) is 42.5 Å². The second-order valence-corrected chi connectivity index (χ2v) is 5.38. The molecule has 2 rings (SSSR count). The molecule has 1 amide bonds. The molecule has 5 heteroatoms. The zero-order valence-corrected chi connectivity index (χ0v) is 13.1. The van der Waals surface area contributed by atoms with Gasteiger partial charge in [0.1, 0.15) is 0 Å². The molecule has 0 aliphatic rings. The summed E-state index contributed by atoms with van der Waals surface area (Å²) in [6.45, 7) is 1.33. The molecule has 2 N–H and O–H groups in total. The first-order chi connectivity index (χ1) is 10.1. The first-order valence-corrected chi connectivity index (χ1v) is 7.32. The smallest absolute Gasteiger partial charge is 0.251 e. The van der Waals surface area contributed by atoms with Crippen LogP contribution in [0, 0.1) is 0 Å². The van der Waals surface area contributed by atoms with E-state index in [1.165, 1.54) is 0 Å². The van der Waals surface area contributed by atoms with Crippen LogP contribution in [-0.2, 0) is 13.1 Å². The van der Waals surface area contributed by atoms with E-state index in [0.29, 0.717) is 28.7 Å². The normalized spacial score (nSPS) is 10.4. The summed E-state index contributed by atoms with van der Waals surface area (Å²) < 4.78 is 0. The first-order valence-electron chi connectivity index (χ1n) is 6.56. The molecule has 0 saturated heterocycles. The lowest BCUT2D eigenvalue weighted by molar-refractivity contribution is 0.0963. The molecular formula is C16H16Cl2N2O. The van der Waals surface area contributed by atoms with Crippen LogP contribution in [0.3, 0.4) is 0 Å². The van der Waals surface area contributed by atoms with Crippen molar-refractivity contribution in [2.45, 2.75) is 13.1 Å². The minimum absolute atomic E-state index is 0.0831. The highest BCUT2D eigenvalue weighted by molar-refractivity contribution is 6.42. The molecule has 0 saturated carbocycles. The number of rotatable bonds is 5. The van der Waals surface area contributed by atoms with E-state index < -0.39 is 0 Å². The summed E-state index contributed by atoms with van der Waals surface area (Å²) in [5, 5.41) is 7.05. The largest absolute Gasteiger partial charge is 0.355 e. The van der Waals surface area contributed by atoms with Crippen molar-refractivity contribution >= 4 is 29.1 Å². The highest BCUT2D eigenvalue weighted by atomic mass is 35.5. The van der Waals surface area contributed by atoms with Crippen molar-refractivity contribution in [1.29, 1.82) is 0 Å². The average Bonchev–Trinajstić information content (AvgIpc) is 2.51. The lowest BCUT2D eigenvalue weighted by Crippen LogP contribution is -2.18. The predicted octanol–water partition coefficient (Wildman–Crippen LogP) is 3.64. The van der Waals surface area contributed by atoms with Gasteiger partial charge in [-0.25, -0.2) is 0 Å². The van der Waals surface area contributed by atoms with Gasteiger partial charge in [-0.2, -0.15) is 0 Å². The number of hydrogen-bond donors (Lipinski definition) is 2. The third kappa shape index (κ3) is 4.21. The van der Waals surface area contributed by atoms with Crippen molar-refractivity contribution in [3.05, 3.63) is 69.2 Å². The summed E-state index contributed by atoms with van der Waals surface area (Å²) in [4.78, 5) is 11.4. The molecule has 0 bridgehead atoms. The molecule has 0 heterocycles. The van der Waals surface area contributed by atoms with E-state index in [9.17, 15) is 4.79 Å². The number of benzene rings is 2. The van der Waals surface area contributed by atoms with Crippen molar-refractivity contribution in [3.8, 4) is 0 Å². The SMILES string of the molecule is CNC(=O)c1ccc(CNCc2cccc(Cl)c2Cl)cc1. The Morgan fingerprint density at radius 2 is 1.76 bits per heavy atom. The highest BCUT2D eigenvalue weighted by Gasteiger charge is 2.04. The fraction of sp³-hybridized carbons (Fsp3) is 0.188. The van der Waals surface area contributed by atoms with Gasteiger partial charge in [-0.3, -0.25) is 4.79 Å². The summed E-state index contributed by atoms with van der Waals surface area (Å²) in [7, 11) is 1.62. The van der Waals surface area contributed by atoms with E-state index in [0.717, 1.165) is 11.1 Å². The van der Waals surface area contributed by atoms with Crippen LogP contribution in [0.4, 0.5) is 0 Å². The van der Waals surface area contributed by atoms with Gasteiger partial charge in [0, 0.05) is 25.7 Å². The Bertz CT molecular complexity index is 627. The number of amides is 1. The van der Waals surface area contributed by atoms with Gasteiger partial charge in [0.25, 0.3) is 5.91 Å². The van der Waals surface area contributed by atoms with Crippen LogP contribution >= 0.6 is 23.2 Å². The second kappa shape index (κ2) is 7.46. The van der Waals surface area contributed by atoms with E-state index >= 15 is 0 Å². The molecule has 110 valence electrons. The molecule has 0 atom stereocenters. The van der Waals surface area contributed by atoms with E-state index in [-0.39, 0.29) is 5.91 Å². The number of halogens is 2. The molecule has 0 unspecified atom stereocenters. The maximum Gasteiger partial charge on any atom is 0.251 e. The van der Waals surface area contributed by atoms with Crippen molar-refractivity contribution < 1.29 is 4.79 Å². The average molecular weight is 323 g/mol. The Morgan fingerprint density at radius 1 is 1.05 bits per heavy atom. The number of hydrogen-bond acceptors (Lipinski definition) is 2. The molecule has 3 nitrogen and oxygen atoms in total. The van der Waals surface area contributed by atoms with Crippen LogP contribution in [0.25, 0.3) is 0 Å². The molecule has 0 spiro atoms. The Balaban J connectivity index is 1.91. The Labute approximate surface area is 134 Å². The first kappa shape index (κ1) is 15.8. The highest BCUT2D eigenvalue weighted by Crippen LogP contribution is 2.25. The molecule has 2 aromatic rings. The lowest BCUT2D eigenvalue weighted by Gasteiger charge is -2.08. The van der Waals surface area contributed by atoms with Gasteiger partial charge >= 0.3 is 0 Å². The summed E-state index contributed by atoms with van der Waals surface area (Å²) in [6, 6.07) is 13.1. The molecule has 2 aromatic carbocycles. The fourth-order valence-electron chi connectivity index (χ4n) is 1.94. The van der Waals surface area contributed by atoms with Gasteiger partial charge in [-0.05, 0) is 29.3 Å². The maximum absolute atomic E-state index is 11.4. The van der Waals surface area contributed by atoms with Crippen molar-refractivity contribution in [1.82, 2.24) is 10.6 Å². The van der Waals surface area contributed by atoms with E-state index in [4.69, 9.17) is 23.2 Å². The Hall–Kier alpha value is -1.55. The second-order valence-electron chi connectivity index (χ2n) is 4.59. The van der Waals surface area contributed by atoms with Gasteiger partial charge in [-0.1, -0.05) is 47.5 Å². The van der Waals surface area contributed by atoms with Crippen LogP contribution in [0.5, 0.6) is 0 Å². The number of carbonyl (C=O) groups is 1. The summed E-state index contributed by atoms with van der Waals surface area (Å²) in [6.07, 6.45) is 0. The number of nitrogens with one attached hydrogen (secondary N) is 2. The summed E-state index contributed by atoms with van der Waals surface area (Å²) >= 11 is 12.1.